The summed E-state index contributed by atoms with van der Waals surface area (Å²) in [6, 6.07) is 65.4. The fourth-order valence-electron chi connectivity index (χ4n) is 10.2. The van der Waals surface area contributed by atoms with Crippen LogP contribution in [0.15, 0.2) is 194 Å². The molecule has 0 fully saturated rings. The Morgan fingerprint density at radius 2 is 1.08 bits per heavy atom. The van der Waals surface area contributed by atoms with E-state index < -0.39 is 0 Å². The lowest BCUT2D eigenvalue weighted by Crippen LogP contribution is -2.68. The minimum atomic E-state index is -0.296. The van der Waals surface area contributed by atoms with Crippen molar-refractivity contribution in [1.29, 1.82) is 0 Å². The standard InChI is InChI=1S/C60H58N2/c1-6-9-21-44-22-19-26-47(38-44)52-40-51(45-23-11-10-12-24-45)41-53(42-52)49-28-20-27-48(39-49)50-32-33-56-55(43-50)58-31-16-18-37-62(58)60(8-3,59(56,4)7-2)35-34-46-25-13-14-29-54(46)57-30-15-17-36-61(57)5/h10-20,22-43H,6-9,21H2,1-5H3/q+2. The minimum Gasteiger partial charge on any atom is -0.201 e. The number of nitrogens with zero attached hydrogens (tertiary/aromatic N) is 2. The van der Waals surface area contributed by atoms with Gasteiger partial charge in [-0.3, -0.25) is 0 Å². The van der Waals surface area contributed by atoms with Gasteiger partial charge in [0, 0.05) is 30.7 Å². The van der Waals surface area contributed by atoms with Gasteiger partial charge in [-0.05, 0) is 142 Å². The summed E-state index contributed by atoms with van der Waals surface area (Å²) in [5.74, 6) is 0. The Kier molecular flexibility index (Phi) is 11.4. The third-order valence-electron chi connectivity index (χ3n) is 13.9. The molecule has 1 aliphatic rings. The van der Waals surface area contributed by atoms with Gasteiger partial charge in [-0.25, -0.2) is 4.57 Å². The van der Waals surface area contributed by atoms with E-state index in [4.69, 9.17) is 0 Å². The molecule has 306 valence electrons. The minimum absolute atomic E-state index is 0.179. The maximum Gasteiger partial charge on any atom is 0.213 e. The van der Waals surface area contributed by atoms with Crippen molar-refractivity contribution in [3.63, 3.8) is 0 Å². The van der Waals surface area contributed by atoms with Crippen molar-refractivity contribution in [3.8, 4) is 67.0 Å². The van der Waals surface area contributed by atoms with Crippen molar-refractivity contribution < 1.29 is 9.13 Å². The predicted octanol–water partition coefficient (Wildman–Crippen LogP) is 14.6. The highest BCUT2D eigenvalue weighted by Crippen LogP contribution is 2.51. The number of aryl methyl sites for hydroxylation is 2. The molecule has 6 aromatic carbocycles. The lowest BCUT2D eigenvalue weighted by atomic mass is 9.59. The van der Waals surface area contributed by atoms with Crippen LogP contribution in [0.3, 0.4) is 0 Å². The first-order valence-electron chi connectivity index (χ1n) is 22.7. The second kappa shape index (κ2) is 17.4. The number of unbranched alkanes of at least 4 members (excludes halogenated alkanes) is 1. The van der Waals surface area contributed by atoms with Gasteiger partial charge in [0.25, 0.3) is 0 Å². The molecule has 0 spiro atoms. The molecule has 0 saturated carbocycles. The molecule has 62 heavy (non-hydrogen) atoms. The van der Waals surface area contributed by atoms with Crippen LogP contribution in [0.4, 0.5) is 0 Å². The Bertz CT molecular complexity index is 2900. The maximum absolute atomic E-state index is 2.58. The van der Waals surface area contributed by atoms with E-state index in [9.17, 15) is 0 Å². The van der Waals surface area contributed by atoms with Crippen LogP contribution in [0, 0.1) is 0 Å². The van der Waals surface area contributed by atoms with E-state index in [0.717, 1.165) is 19.3 Å². The van der Waals surface area contributed by atoms with Crippen molar-refractivity contribution >= 4 is 6.08 Å². The van der Waals surface area contributed by atoms with Crippen LogP contribution in [0.5, 0.6) is 0 Å². The van der Waals surface area contributed by atoms with Crippen molar-refractivity contribution in [3.05, 3.63) is 211 Å². The molecule has 1 aliphatic heterocycles. The predicted molar refractivity (Wildman–Crippen MR) is 260 cm³/mol. The van der Waals surface area contributed by atoms with Crippen molar-refractivity contribution in [1.82, 2.24) is 0 Å². The summed E-state index contributed by atoms with van der Waals surface area (Å²) in [5.41, 5.74) is 18.4. The third-order valence-corrected chi connectivity index (χ3v) is 13.9. The Labute approximate surface area is 369 Å². The Balaban J connectivity index is 1.13. The number of aromatic nitrogens is 2. The van der Waals surface area contributed by atoms with E-state index >= 15 is 0 Å². The number of hydrogen-bond donors (Lipinski definition) is 0. The van der Waals surface area contributed by atoms with Crippen LogP contribution in [-0.2, 0) is 24.4 Å². The highest BCUT2D eigenvalue weighted by molar-refractivity contribution is 5.84. The zero-order valence-electron chi connectivity index (χ0n) is 37.0. The number of benzene rings is 6. The van der Waals surface area contributed by atoms with Crippen molar-refractivity contribution in [2.24, 2.45) is 7.05 Å². The van der Waals surface area contributed by atoms with Crippen LogP contribution in [0.1, 0.15) is 70.1 Å². The van der Waals surface area contributed by atoms with Crippen LogP contribution in [0.25, 0.3) is 73.1 Å². The van der Waals surface area contributed by atoms with E-state index in [1.165, 1.54) is 96.6 Å². The van der Waals surface area contributed by atoms with E-state index in [1.807, 2.05) is 0 Å². The van der Waals surface area contributed by atoms with E-state index in [-0.39, 0.29) is 11.0 Å². The van der Waals surface area contributed by atoms with Crippen LogP contribution in [-0.4, -0.2) is 0 Å². The molecule has 0 radical (unpaired) electrons. The SMILES string of the molecule is CCCCc1cccc(-c2cc(-c3ccccc3)cc(-c3cccc(-c4ccc5c(c4)-c4cccc[n+]4C(C=Cc4ccccc4-c4cccc[n+]4C)(CC)C5(C)CC)c3)c2)c1. The molecular formula is C60H58N2+2. The summed E-state index contributed by atoms with van der Waals surface area (Å²) in [5, 5.41) is 0. The highest BCUT2D eigenvalue weighted by Gasteiger charge is 2.58. The van der Waals surface area contributed by atoms with Gasteiger partial charge in [-0.15, -0.1) is 0 Å². The molecule has 3 heterocycles. The van der Waals surface area contributed by atoms with Gasteiger partial charge in [0.05, 0.1) is 16.5 Å². The molecule has 0 bridgehead atoms. The fraction of sp³-hybridized carbons (Fsp3) is 0.200. The number of fused-ring (bicyclic) bond motifs is 3. The largest absolute Gasteiger partial charge is 0.213 e. The molecule has 2 heteroatoms. The lowest BCUT2D eigenvalue weighted by Gasteiger charge is -2.46. The van der Waals surface area contributed by atoms with Crippen molar-refractivity contribution in [2.75, 3.05) is 0 Å². The molecule has 9 rings (SSSR count). The number of allylic oxidation sites excluding steroid dienone is 1. The first-order chi connectivity index (χ1) is 30.4. The van der Waals surface area contributed by atoms with E-state index in [2.05, 4.69) is 244 Å². The quantitative estimate of drug-likeness (QED) is 0.109. The van der Waals surface area contributed by atoms with Gasteiger partial charge in [-0.2, -0.15) is 4.57 Å². The maximum atomic E-state index is 2.58. The second-order valence-electron chi connectivity index (χ2n) is 17.3. The lowest BCUT2D eigenvalue weighted by molar-refractivity contribution is -0.756. The number of hydrogen-bond acceptors (Lipinski definition) is 0. The number of pyridine rings is 2. The zero-order chi connectivity index (χ0) is 42.7. The third kappa shape index (κ3) is 7.43. The molecule has 2 atom stereocenters. The van der Waals surface area contributed by atoms with Gasteiger partial charge in [-0.1, -0.05) is 136 Å². The van der Waals surface area contributed by atoms with Gasteiger partial charge >= 0.3 is 0 Å². The summed E-state index contributed by atoms with van der Waals surface area (Å²) >= 11 is 0. The van der Waals surface area contributed by atoms with Crippen molar-refractivity contribution in [2.45, 2.75) is 70.8 Å². The molecule has 2 unspecified atom stereocenters. The van der Waals surface area contributed by atoms with E-state index in [1.54, 1.807) is 0 Å². The number of rotatable bonds is 12. The zero-order valence-corrected chi connectivity index (χ0v) is 37.0. The molecule has 8 aromatic rings. The molecule has 0 N–H and O–H groups in total. The topological polar surface area (TPSA) is 7.76 Å². The van der Waals surface area contributed by atoms with Crippen LogP contribution >= 0.6 is 0 Å². The Hall–Kier alpha value is -6.64. The average molecular weight is 807 g/mol. The van der Waals surface area contributed by atoms with Gasteiger partial charge in [0.2, 0.25) is 11.4 Å². The summed E-state index contributed by atoms with van der Waals surface area (Å²) in [7, 11) is 2.13. The summed E-state index contributed by atoms with van der Waals surface area (Å²) < 4.78 is 4.79. The van der Waals surface area contributed by atoms with E-state index in [0.29, 0.717) is 0 Å². The molecule has 0 saturated heterocycles. The first-order valence-corrected chi connectivity index (χ1v) is 22.7. The highest BCUT2D eigenvalue weighted by atomic mass is 15.1. The van der Waals surface area contributed by atoms with Gasteiger partial charge in [0.1, 0.15) is 7.05 Å². The van der Waals surface area contributed by atoms with Crippen LogP contribution < -0.4 is 9.13 Å². The normalized spacial score (nSPS) is 16.9. The smallest absolute Gasteiger partial charge is 0.201 e. The second-order valence-corrected chi connectivity index (χ2v) is 17.3. The molecule has 0 amide bonds. The Morgan fingerprint density at radius 1 is 0.484 bits per heavy atom. The van der Waals surface area contributed by atoms with Gasteiger partial charge in [0.15, 0.2) is 17.9 Å². The van der Waals surface area contributed by atoms with Crippen LogP contribution in [0.2, 0.25) is 0 Å². The first kappa shape index (κ1) is 40.7. The summed E-state index contributed by atoms with van der Waals surface area (Å²) in [4.78, 5) is 0. The summed E-state index contributed by atoms with van der Waals surface area (Å²) in [6.45, 7) is 9.48. The Morgan fingerprint density at radius 3 is 1.81 bits per heavy atom. The average Bonchev–Trinajstić information content (AvgIpc) is 3.34. The summed E-state index contributed by atoms with van der Waals surface area (Å²) in [6.07, 6.45) is 14.8. The molecule has 0 aliphatic carbocycles. The molecular weight excluding hydrogens is 749 g/mol. The molecule has 2 aromatic heterocycles. The fourth-order valence-corrected chi connectivity index (χ4v) is 10.2. The van der Waals surface area contributed by atoms with Gasteiger partial charge < -0.3 is 0 Å². The monoisotopic (exact) mass is 806 g/mol. The molecule has 2 nitrogen and oxygen atoms in total.